The highest BCUT2D eigenvalue weighted by atomic mass is 19.4. The summed E-state index contributed by atoms with van der Waals surface area (Å²) in [4.78, 5) is 11.2. The third-order valence-electron chi connectivity index (χ3n) is 6.56. The van der Waals surface area contributed by atoms with Gasteiger partial charge in [0.05, 0.1) is 17.1 Å². The number of aryl methyl sites for hydroxylation is 1. The number of alkyl halides is 3. The summed E-state index contributed by atoms with van der Waals surface area (Å²) in [7, 11) is 2.10. The molecule has 1 aliphatic rings. The second-order valence-corrected chi connectivity index (χ2v) is 8.93. The molecule has 5 nitrogen and oxygen atoms in total. The van der Waals surface area contributed by atoms with E-state index in [9.17, 15) is 17.6 Å². The smallest absolute Gasteiger partial charge is 0.419 e. The van der Waals surface area contributed by atoms with Crippen LogP contribution >= 0.6 is 0 Å². The number of halogens is 4. The minimum Gasteiger partial charge on any atom is -0.492 e. The van der Waals surface area contributed by atoms with Gasteiger partial charge in [-0.1, -0.05) is 12.1 Å². The quantitative estimate of drug-likeness (QED) is 0.434. The number of hydrogen-bond acceptors (Lipinski definition) is 5. The van der Waals surface area contributed by atoms with Crippen molar-refractivity contribution in [2.75, 3.05) is 19.0 Å². The number of ether oxygens (including phenoxy) is 1. The highest BCUT2D eigenvalue weighted by Crippen LogP contribution is 2.35. The van der Waals surface area contributed by atoms with Gasteiger partial charge in [0.2, 0.25) is 0 Å². The number of rotatable bonds is 6. The highest BCUT2D eigenvalue weighted by Gasteiger charge is 2.35. The number of aromatic nitrogens is 2. The molecule has 0 saturated carbocycles. The molecule has 0 amide bonds. The van der Waals surface area contributed by atoms with Crippen LogP contribution in [-0.4, -0.2) is 40.6 Å². The third kappa shape index (κ3) is 4.94. The third-order valence-corrected chi connectivity index (χ3v) is 6.56. The summed E-state index contributed by atoms with van der Waals surface area (Å²) in [6.07, 6.45) is -2.57. The molecule has 182 valence electrons. The number of nitrogens with zero attached hydrogens (tertiary/aromatic N) is 3. The Kier molecular flexibility index (Phi) is 6.66. The van der Waals surface area contributed by atoms with Gasteiger partial charge in [-0.15, -0.1) is 0 Å². The van der Waals surface area contributed by atoms with Gasteiger partial charge in [0.25, 0.3) is 0 Å². The van der Waals surface area contributed by atoms with E-state index in [1.807, 2.05) is 18.2 Å². The Bertz CT molecular complexity index is 1180. The summed E-state index contributed by atoms with van der Waals surface area (Å²) in [6, 6.07) is 8.84. The molecule has 0 unspecified atom stereocenters. The molecule has 3 aromatic rings. The van der Waals surface area contributed by atoms with E-state index in [1.165, 1.54) is 12.1 Å². The summed E-state index contributed by atoms with van der Waals surface area (Å²) >= 11 is 0. The van der Waals surface area contributed by atoms with E-state index in [1.54, 1.807) is 13.8 Å². The lowest BCUT2D eigenvalue weighted by Gasteiger charge is -2.23. The van der Waals surface area contributed by atoms with Gasteiger partial charge in [-0.25, -0.2) is 14.4 Å². The molecule has 2 aromatic carbocycles. The molecule has 1 saturated heterocycles. The zero-order valence-corrected chi connectivity index (χ0v) is 19.6. The van der Waals surface area contributed by atoms with Gasteiger partial charge in [-0.3, -0.25) is 4.90 Å². The minimum absolute atomic E-state index is 0.0926. The van der Waals surface area contributed by atoms with Crippen molar-refractivity contribution in [3.8, 4) is 5.75 Å². The van der Waals surface area contributed by atoms with Crippen molar-refractivity contribution in [2.24, 2.45) is 0 Å². The minimum atomic E-state index is -4.77. The first kappa shape index (κ1) is 24.2. The van der Waals surface area contributed by atoms with E-state index in [-0.39, 0.29) is 5.56 Å². The fourth-order valence-corrected chi connectivity index (χ4v) is 4.40. The van der Waals surface area contributed by atoms with Crippen LogP contribution in [0.1, 0.15) is 49.7 Å². The number of likely N-dealkylation sites (tertiary alicyclic amines) is 1. The average molecular weight is 477 g/mol. The van der Waals surface area contributed by atoms with Crippen molar-refractivity contribution in [1.82, 2.24) is 14.9 Å². The van der Waals surface area contributed by atoms with E-state index >= 15 is 0 Å². The Balaban J connectivity index is 1.60. The number of likely N-dealkylation sites (N-methyl/N-ethyl adjacent to an activating group) is 1. The standard InChI is InChI=1S/C25H28F4N4O/c1-14-8-9-17(33(14)4)13-34-18-10-11-22-20(12-18)24(32-16(3)31-22)30-15(2)19-6-5-7-21(23(19)26)25(27,28)29/h5-7,10-12,14-15,17H,8-9,13H2,1-4H3,(H,30,31,32)/t14-,15-,17+/m1/s1. The second-order valence-electron chi connectivity index (χ2n) is 8.93. The molecule has 2 heterocycles. The van der Waals surface area contributed by atoms with E-state index in [4.69, 9.17) is 4.74 Å². The molecule has 1 fully saturated rings. The zero-order chi connectivity index (χ0) is 24.6. The molecule has 1 N–H and O–H groups in total. The van der Waals surface area contributed by atoms with Gasteiger partial charge >= 0.3 is 6.18 Å². The monoisotopic (exact) mass is 476 g/mol. The largest absolute Gasteiger partial charge is 0.492 e. The number of hydrogen-bond donors (Lipinski definition) is 1. The van der Waals surface area contributed by atoms with Crippen LogP contribution in [0.2, 0.25) is 0 Å². The molecular weight excluding hydrogens is 448 g/mol. The first-order valence-corrected chi connectivity index (χ1v) is 11.3. The van der Waals surface area contributed by atoms with Gasteiger partial charge in [-0.05, 0) is 64.9 Å². The zero-order valence-electron chi connectivity index (χ0n) is 19.6. The summed E-state index contributed by atoms with van der Waals surface area (Å²) in [6.45, 7) is 6.07. The summed E-state index contributed by atoms with van der Waals surface area (Å²) in [5.41, 5.74) is -0.722. The number of benzene rings is 2. The maximum absolute atomic E-state index is 14.7. The molecule has 4 rings (SSSR count). The Labute approximate surface area is 196 Å². The molecule has 1 aliphatic heterocycles. The summed E-state index contributed by atoms with van der Waals surface area (Å²) in [5, 5.41) is 3.73. The van der Waals surface area contributed by atoms with Gasteiger partial charge in [0.15, 0.2) is 0 Å². The van der Waals surface area contributed by atoms with Crippen LogP contribution in [0.25, 0.3) is 10.9 Å². The van der Waals surface area contributed by atoms with Gasteiger partial charge in [0.1, 0.15) is 29.8 Å². The van der Waals surface area contributed by atoms with E-state index < -0.39 is 23.6 Å². The molecule has 3 atom stereocenters. The van der Waals surface area contributed by atoms with Crippen LogP contribution in [0.4, 0.5) is 23.4 Å². The molecule has 0 radical (unpaired) electrons. The van der Waals surface area contributed by atoms with Crippen LogP contribution < -0.4 is 10.1 Å². The van der Waals surface area contributed by atoms with E-state index in [0.29, 0.717) is 47.0 Å². The highest BCUT2D eigenvalue weighted by molar-refractivity contribution is 5.90. The van der Waals surface area contributed by atoms with Crippen LogP contribution in [0.3, 0.4) is 0 Å². The number of anilines is 1. The van der Waals surface area contributed by atoms with Gasteiger partial charge in [0, 0.05) is 23.0 Å². The fourth-order valence-electron chi connectivity index (χ4n) is 4.40. The summed E-state index contributed by atoms with van der Waals surface area (Å²) in [5.74, 6) is 0.253. The normalized spacial score (nSPS) is 20.0. The van der Waals surface area contributed by atoms with Crippen molar-refractivity contribution < 1.29 is 22.3 Å². The Hall–Kier alpha value is -2.94. The Morgan fingerprint density at radius 2 is 1.94 bits per heavy atom. The molecule has 1 aromatic heterocycles. The number of nitrogens with one attached hydrogen (secondary N) is 1. The van der Waals surface area contributed by atoms with Crippen LogP contribution in [0.15, 0.2) is 36.4 Å². The predicted molar refractivity (Wildman–Crippen MR) is 123 cm³/mol. The van der Waals surface area contributed by atoms with Crippen molar-refractivity contribution in [2.45, 2.75) is 57.9 Å². The summed E-state index contributed by atoms with van der Waals surface area (Å²) < 4.78 is 60.2. The molecule has 0 spiro atoms. The second kappa shape index (κ2) is 9.37. The lowest BCUT2D eigenvalue weighted by Crippen LogP contribution is -2.34. The lowest BCUT2D eigenvalue weighted by molar-refractivity contribution is -0.140. The average Bonchev–Trinajstić information content (AvgIpc) is 3.09. The van der Waals surface area contributed by atoms with Crippen molar-refractivity contribution >= 4 is 16.7 Å². The van der Waals surface area contributed by atoms with Crippen LogP contribution in [-0.2, 0) is 6.18 Å². The first-order chi connectivity index (χ1) is 16.0. The van der Waals surface area contributed by atoms with Gasteiger partial charge < -0.3 is 10.1 Å². The number of fused-ring (bicyclic) bond motifs is 1. The topological polar surface area (TPSA) is 50.3 Å². The van der Waals surface area contributed by atoms with E-state index in [2.05, 4.69) is 34.2 Å². The van der Waals surface area contributed by atoms with Crippen LogP contribution in [0, 0.1) is 12.7 Å². The molecule has 34 heavy (non-hydrogen) atoms. The Morgan fingerprint density at radius 1 is 1.18 bits per heavy atom. The van der Waals surface area contributed by atoms with Crippen LogP contribution in [0.5, 0.6) is 5.75 Å². The maximum atomic E-state index is 14.7. The molecule has 9 heteroatoms. The lowest BCUT2D eigenvalue weighted by atomic mass is 10.0. The molecule has 0 aliphatic carbocycles. The first-order valence-electron chi connectivity index (χ1n) is 11.3. The van der Waals surface area contributed by atoms with Gasteiger partial charge in [-0.2, -0.15) is 13.2 Å². The van der Waals surface area contributed by atoms with E-state index in [0.717, 1.165) is 18.9 Å². The SMILES string of the molecule is Cc1nc(N[C@H](C)c2cccc(C(F)(F)F)c2F)c2cc(OC[C@@H]3CC[C@@H](C)N3C)ccc2n1. The van der Waals surface area contributed by atoms with Crippen molar-refractivity contribution in [1.29, 1.82) is 0 Å². The molecular formula is C25H28F4N4O. The predicted octanol–water partition coefficient (Wildman–Crippen LogP) is 6.13. The molecule has 0 bridgehead atoms. The van der Waals surface area contributed by atoms with Crippen molar-refractivity contribution in [3.05, 3.63) is 59.2 Å². The fraction of sp³-hybridized carbons (Fsp3) is 0.440. The maximum Gasteiger partial charge on any atom is 0.419 e. The van der Waals surface area contributed by atoms with Crippen molar-refractivity contribution in [3.63, 3.8) is 0 Å². The Morgan fingerprint density at radius 3 is 2.62 bits per heavy atom.